The SMILES string of the molecule is O=P([O-])([O-])[O-].O=P([O-])([O-])[O-].O=P([O-])([O-])[O-].[Cr+3].[Ni+2].[Ti+4]. The van der Waals surface area contributed by atoms with Crippen LogP contribution in [0.4, 0.5) is 0 Å². The van der Waals surface area contributed by atoms with Crippen molar-refractivity contribution in [2.75, 3.05) is 0 Å². The molecule has 12 nitrogen and oxygen atoms in total. The van der Waals surface area contributed by atoms with Gasteiger partial charge in [0.1, 0.15) is 0 Å². The maximum atomic E-state index is 8.55. The van der Waals surface area contributed by atoms with Crippen LogP contribution < -0.4 is 44.0 Å². The molecule has 0 unspecified atom stereocenters. The van der Waals surface area contributed by atoms with Crippen LogP contribution in [0.1, 0.15) is 0 Å². The second-order valence-electron chi connectivity index (χ2n) is 1.34. The van der Waals surface area contributed by atoms with Crippen molar-refractivity contribution in [2.24, 2.45) is 0 Å². The number of hydrogen-bond acceptors (Lipinski definition) is 12. The van der Waals surface area contributed by atoms with Crippen LogP contribution in [0.2, 0.25) is 0 Å². The second kappa shape index (κ2) is 15.5. The fourth-order valence-electron chi connectivity index (χ4n) is 0. The van der Waals surface area contributed by atoms with Gasteiger partial charge in [-0.15, -0.1) is 0 Å². The van der Waals surface area contributed by atoms with Gasteiger partial charge >= 0.3 is 55.6 Å². The van der Waals surface area contributed by atoms with Crippen molar-refractivity contribution in [1.82, 2.24) is 0 Å². The smallest absolute Gasteiger partial charge is 0.822 e. The molecule has 0 aromatic carbocycles. The second-order valence-corrected chi connectivity index (χ2v) is 4.02. The third-order valence-electron chi connectivity index (χ3n) is 0. The van der Waals surface area contributed by atoms with E-state index in [2.05, 4.69) is 0 Å². The fourth-order valence-corrected chi connectivity index (χ4v) is 0. The monoisotopic (exact) mass is 443 g/mol. The van der Waals surface area contributed by atoms with Gasteiger partial charge in [-0.05, 0) is 0 Å². The van der Waals surface area contributed by atoms with Crippen molar-refractivity contribution in [3.05, 3.63) is 0 Å². The Hall–Kier alpha value is 2.07. The van der Waals surface area contributed by atoms with Crippen LogP contribution in [0.3, 0.4) is 0 Å². The molecule has 18 heteroatoms. The quantitative estimate of drug-likeness (QED) is 0.249. The number of hydrogen-bond donors (Lipinski definition) is 0. The first-order chi connectivity index (χ1) is 6.00. The summed E-state index contributed by atoms with van der Waals surface area (Å²) in [5, 5.41) is 0. The predicted molar refractivity (Wildman–Crippen MR) is 22.8 cm³/mol. The van der Waals surface area contributed by atoms with E-state index in [1.165, 1.54) is 0 Å². The van der Waals surface area contributed by atoms with E-state index in [0.717, 1.165) is 0 Å². The predicted octanol–water partition coefficient (Wildman–Crippen LogP) is -8.48. The first kappa shape index (κ1) is 36.9. The van der Waals surface area contributed by atoms with Crippen molar-refractivity contribution in [3.63, 3.8) is 0 Å². The Morgan fingerprint density at radius 2 is 0.500 bits per heavy atom. The molecule has 0 N–H and O–H groups in total. The van der Waals surface area contributed by atoms with Crippen LogP contribution in [-0.4, -0.2) is 0 Å². The Morgan fingerprint density at radius 1 is 0.500 bits per heavy atom. The maximum Gasteiger partial charge on any atom is 4.00 e. The summed E-state index contributed by atoms with van der Waals surface area (Å²) in [6.45, 7) is 0. The summed E-state index contributed by atoms with van der Waals surface area (Å²) in [5.41, 5.74) is 0. The molecule has 0 saturated carbocycles. The van der Waals surface area contributed by atoms with Crippen molar-refractivity contribution in [3.8, 4) is 0 Å². The molecule has 0 saturated heterocycles. The van der Waals surface area contributed by atoms with Gasteiger partial charge in [0.05, 0.1) is 0 Å². The molecule has 0 aliphatic rings. The third kappa shape index (κ3) is 1230. The van der Waals surface area contributed by atoms with Crippen LogP contribution in [0.5, 0.6) is 0 Å². The standard InChI is InChI=1S/Cr.Ni.3H3O4P.Ti/c;;3*1-5(2,3)4;/h;;3*(H3,1,2,3,4);/q+3;+2;;;;+4/p-9. The van der Waals surface area contributed by atoms with Crippen LogP contribution in [0, 0.1) is 0 Å². The van der Waals surface area contributed by atoms with Gasteiger partial charge in [-0.25, -0.2) is 0 Å². The molecule has 107 valence electrons. The van der Waals surface area contributed by atoms with Gasteiger partial charge in [-0.2, -0.15) is 23.5 Å². The topological polar surface area (TPSA) is 259 Å². The van der Waals surface area contributed by atoms with E-state index in [1.54, 1.807) is 0 Å². The Morgan fingerprint density at radius 3 is 0.500 bits per heavy atom. The molecule has 0 spiro atoms. The molecule has 0 fully saturated rings. The van der Waals surface area contributed by atoms with E-state index >= 15 is 0 Å². The number of phosphoric acid groups is 3. The van der Waals surface area contributed by atoms with Gasteiger partial charge in [-0.1, -0.05) is 0 Å². The Bertz CT molecular complexity index is 213. The zero-order valence-electron chi connectivity index (χ0n) is 7.47. The molecule has 1 radical (unpaired) electrons. The van der Waals surface area contributed by atoms with E-state index in [0.29, 0.717) is 0 Å². The minimum atomic E-state index is -5.39. The summed E-state index contributed by atoms with van der Waals surface area (Å²) >= 11 is 0. The van der Waals surface area contributed by atoms with Crippen LogP contribution in [0.25, 0.3) is 0 Å². The molecular weight excluding hydrogens is 443 g/mol. The molecule has 18 heavy (non-hydrogen) atoms. The normalized spacial score (nSPS) is 9.83. The van der Waals surface area contributed by atoms with Crippen molar-refractivity contribution < 1.29 is 113 Å². The van der Waals surface area contributed by atoms with Gasteiger partial charge in [0.2, 0.25) is 0 Å². The van der Waals surface area contributed by atoms with E-state index < -0.39 is 23.5 Å². The fraction of sp³-hybridized carbons (Fsp3) is 0. The molecule has 0 bridgehead atoms. The molecule has 0 aliphatic carbocycles. The molecule has 0 rings (SSSR count). The van der Waals surface area contributed by atoms with E-state index in [1.807, 2.05) is 0 Å². The largest absolute Gasteiger partial charge is 4.00 e. The van der Waals surface area contributed by atoms with E-state index in [4.69, 9.17) is 57.7 Å². The molecule has 0 amide bonds. The molecule has 0 aromatic heterocycles. The average Bonchev–Trinajstić information content (AvgIpc) is 1.41. The zero-order valence-corrected chi connectivity index (χ0v) is 14.0. The van der Waals surface area contributed by atoms with Crippen LogP contribution >= 0.6 is 23.5 Å². The molecular formula is CrNiO12P3Ti. The molecule has 0 heterocycles. The summed E-state index contributed by atoms with van der Waals surface area (Å²) in [5.74, 6) is 0. The summed E-state index contributed by atoms with van der Waals surface area (Å²) in [6.07, 6.45) is 0. The average molecular weight is 443 g/mol. The van der Waals surface area contributed by atoms with Crippen molar-refractivity contribution >= 4 is 23.5 Å². The van der Waals surface area contributed by atoms with E-state index in [9.17, 15) is 0 Å². The Kier molecular flexibility index (Phi) is 31.7. The summed E-state index contributed by atoms with van der Waals surface area (Å²) in [7, 11) is -16.2. The Balaban J connectivity index is -0.0000000277. The zero-order chi connectivity index (χ0) is 13.5. The molecule has 0 aromatic rings. The van der Waals surface area contributed by atoms with Crippen molar-refractivity contribution in [1.29, 1.82) is 0 Å². The third-order valence-corrected chi connectivity index (χ3v) is 0. The number of rotatable bonds is 0. The van der Waals surface area contributed by atoms with Gasteiger partial charge < -0.3 is 57.7 Å². The minimum Gasteiger partial charge on any atom is -0.822 e. The van der Waals surface area contributed by atoms with Gasteiger partial charge in [-0.3, -0.25) is 0 Å². The first-order valence-corrected chi connectivity index (χ1v) is 6.57. The molecule has 0 aliphatic heterocycles. The van der Waals surface area contributed by atoms with Crippen LogP contribution in [0.15, 0.2) is 0 Å². The summed E-state index contributed by atoms with van der Waals surface area (Å²) < 4.78 is 25.6. The maximum absolute atomic E-state index is 8.55. The van der Waals surface area contributed by atoms with Gasteiger partial charge in [0.15, 0.2) is 0 Å². The van der Waals surface area contributed by atoms with Gasteiger partial charge in [0.25, 0.3) is 0 Å². The minimum absolute atomic E-state index is 0. The van der Waals surface area contributed by atoms with E-state index in [-0.39, 0.29) is 55.6 Å². The summed E-state index contributed by atoms with van der Waals surface area (Å²) in [4.78, 5) is 76.9. The molecule has 0 atom stereocenters. The Labute approximate surface area is 136 Å². The van der Waals surface area contributed by atoms with Gasteiger partial charge in [0, 0.05) is 0 Å². The van der Waals surface area contributed by atoms with Crippen molar-refractivity contribution in [2.45, 2.75) is 0 Å². The first-order valence-electron chi connectivity index (χ1n) is 2.19. The summed E-state index contributed by atoms with van der Waals surface area (Å²) in [6, 6.07) is 0. The van der Waals surface area contributed by atoms with Crippen LogP contribution in [-0.2, 0) is 69.3 Å².